The number of hydrogen-bond donors (Lipinski definition) is 4. The largest absolute Gasteiger partial charge is 0.334 e. The van der Waals surface area contributed by atoms with Gasteiger partial charge in [-0.15, -0.1) is 0 Å². The summed E-state index contributed by atoms with van der Waals surface area (Å²) in [4.78, 5) is 0. The molecule has 5 aromatic carbocycles. The molecule has 0 saturated carbocycles. The highest BCUT2D eigenvalue weighted by molar-refractivity contribution is 7.87. The van der Waals surface area contributed by atoms with E-state index in [9.17, 15) is 0 Å². The van der Waals surface area contributed by atoms with Crippen molar-refractivity contribution in [2.24, 2.45) is 13.5 Å². The summed E-state index contributed by atoms with van der Waals surface area (Å²) in [6, 6.07) is 33.0. The van der Waals surface area contributed by atoms with Crippen LogP contribution in [-0.4, -0.2) is 0 Å². The standard InChI is InChI=1S/C32H28N7P3/c1-7-21-9-3-15-26-30(21)24(13-1)19-40(33-26)37-41(20-25-14-2-8-22-10-4-16-27(34-41)31(22)25)39-42(38-40)35-28-17-5-11-23-12-6-18-29(36-42)32(23)28/h1-9,11-18,27,33-36H,10,19-20H2. The molecule has 4 heterocycles. The van der Waals surface area contributed by atoms with Crippen molar-refractivity contribution < 1.29 is 0 Å². The van der Waals surface area contributed by atoms with Gasteiger partial charge in [-0.1, -0.05) is 84.9 Å². The molecule has 3 unspecified atom stereocenters. The van der Waals surface area contributed by atoms with E-state index in [-0.39, 0.29) is 6.04 Å². The maximum absolute atomic E-state index is 5.84. The molecule has 0 saturated heterocycles. The monoisotopic (exact) mass is 603 g/mol. The number of nitrogens with zero attached hydrogens (tertiary/aromatic N) is 3. The third-order valence-corrected chi connectivity index (χ3v) is 19.8. The molecular weight excluding hydrogens is 575 g/mol. The van der Waals surface area contributed by atoms with Gasteiger partial charge in [0.15, 0.2) is 14.7 Å². The van der Waals surface area contributed by atoms with Gasteiger partial charge in [-0.25, -0.2) is 4.52 Å². The summed E-state index contributed by atoms with van der Waals surface area (Å²) < 4.78 is 17.3. The molecule has 42 heavy (non-hydrogen) atoms. The molecular formula is C32H28N7P3. The van der Waals surface area contributed by atoms with Crippen molar-refractivity contribution in [2.45, 2.75) is 24.8 Å². The average molecular weight is 604 g/mol. The Labute approximate surface area is 244 Å². The molecule has 5 aliphatic rings. The molecule has 7 nitrogen and oxygen atoms in total. The Morgan fingerprint density at radius 2 is 1.19 bits per heavy atom. The predicted octanol–water partition coefficient (Wildman–Crippen LogP) is 10.4. The fraction of sp³-hybridized carbons (Fsp3) is 0.125. The molecule has 10 heteroatoms. The summed E-state index contributed by atoms with van der Waals surface area (Å²) in [5.74, 6) is 0. The number of benzene rings is 5. The van der Waals surface area contributed by atoms with Gasteiger partial charge in [0, 0.05) is 28.8 Å². The van der Waals surface area contributed by atoms with Crippen molar-refractivity contribution in [3.63, 3.8) is 0 Å². The highest BCUT2D eigenvalue weighted by Gasteiger charge is 2.44. The van der Waals surface area contributed by atoms with E-state index in [0.717, 1.165) is 35.8 Å². The highest BCUT2D eigenvalue weighted by Crippen LogP contribution is 2.80. The maximum atomic E-state index is 5.84. The normalized spacial score (nSPS) is 26.9. The lowest BCUT2D eigenvalue weighted by Crippen LogP contribution is -2.28. The van der Waals surface area contributed by atoms with Crippen molar-refractivity contribution in [3.05, 3.63) is 125 Å². The molecule has 4 aliphatic heterocycles. The van der Waals surface area contributed by atoms with Gasteiger partial charge in [0.05, 0.1) is 17.4 Å². The van der Waals surface area contributed by atoms with Crippen LogP contribution in [-0.2, 0) is 18.7 Å². The van der Waals surface area contributed by atoms with Gasteiger partial charge in [0.25, 0.3) is 7.51 Å². The van der Waals surface area contributed by atoms with Crippen LogP contribution in [0.2, 0.25) is 0 Å². The van der Waals surface area contributed by atoms with Crippen LogP contribution in [0.15, 0.2) is 117 Å². The summed E-state index contributed by atoms with van der Waals surface area (Å²) in [6.45, 7) is 0. The Bertz CT molecular complexity index is 2070. The second-order valence-corrected chi connectivity index (χ2v) is 19.6. The zero-order valence-corrected chi connectivity index (χ0v) is 25.4. The topological polar surface area (TPSA) is 85.2 Å². The minimum Gasteiger partial charge on any atom is -0.334 e. The Balaban J connectivity index is 1.25. The van der Waals surface area contributed by atoms with Gasteiger partial charge >= 0.3 is 0 Å². The molecule has 4 N–H and O–H groups in total. The minimum absolute atomic E-state index is 0.110. The minimum atomic E-state index is -2.67. The lowest BCUT2D eigenvalue weighted by molar-refractivity contribution is 0.755. The van der Waals surface area contributed by atoms with E-state index in [1.807, 2.05) is 0 Å². The molecule has 10 rings (SSSR count). The molecule has 1 aliphatic carbocycles. The van der Waals surface area contributed by atoms with Crippen LogP contribution in [0.1, 0.15) is 28.3 Å². The van der Waals surface area contributed by atoms with Crippen LogP contribution in [0.4, 0.5) is 17.1 Å². The lowest BCUT2D eigenvalue weighted by atomic mass is 9.90. The first-order chi connectivity index (χ1) is 20.6. The predicted molar refractivity (Wildman–Crippen MR) is 179 cm³/mol. The van der Waals surface area contributed by atoms with Gasteiger partial charge in [0.2, 0.25) is 0 Å². The maximum Gasteiger partial charge on any atom is 0.265 e. The first kappa shape index (κ1) is 23.9. The molecule has 3 atom stereocenters. The van der Waals surface area contributed by atoms with Crippen molar-refractivity contribution in [1.29, 1.82) is 0 Å². The summed E-state index contributed by atoms with van der Waals surface area (Å²) in [5.41, 5.74) is 8.84. The fourth-order valence-corrected chi connectivity index (χ4v) is 20.7. The quantitative estimate of drug-likeness (QED) is 0.105. The van der Waals surface area contributed by atoms with E-state index in [4.69, 9.17) is 13.5 Å². The fourth-order valence-electron chi connectivity index (χ4n) is 7.47. The van der Waals surface area contributed by atoms with E-state index < -0.39 is 22.2 Å². The van der Waals surface area contributed by atoms with Crippen molar-refractivity contribution in [2.75, 3.05) is 15.3 Å². The van der Waals surface area contributed by atoms with Crippen molar-refractivity contribution in [3.8, 4) is 0 Å². The Morgan fingerprint density at radius 3 is 1.98 bits per heavy atom. The van der Waals surface area contributed by atoms with E-state index in [0.29, 0.717) is 0 Å². The Hall–Kier alpha value is -3.59. The second-order valence-electron chi connectivity index (χ2n) is 11.7. The zero-order chi connectivity index (χ0) is 27.5. The lowest BCUT2D eigenvalue weighted by Gasteiger charge is -2.44. The van der Waals surface area contributed by atoms with Gasteiger partial charge in [-0.2, -0.15) is 9.03 Å². The highest BCUT2D eigenvalue weighted by atomic mass is 31.3. The smallest absolute Gasteiger partial charge is 0.265 e. The van der Waals surface area contributed by atoms with Crippen LogP contribution < -0.4 is 20.3 Å². The molecule has 206 valence electrons. The summed E-state index contributed by atoms with van der Waals surface area (Å²) in [6.07, 6.45) is 7.19. The van der Waals surface area contributed by atoms with Crippen LogP contribution in [0.25, 0.3) is 21.5 Å². The number of allylic oxidation sites excluding steroid dienone is 1. The van der Waals surface area contributed by atoms with Gasteiger partial charge < -0.3 is 15.3 Å². The van der Waals surface area contributed by atoms with Crippen molar-refractivity contribution >= 4 is 60.8 Å². The van der Waals surface area contributed by atoms with E-state index in [1.54, 1.807) is 0 Å². The van der Waals surface area contributed by atoms with Crippen LogP contribution in [0, 0.1) is 0 Å². The molecule has 0 amide bonds. The van der Waals surface area contributed by atoms with Crippen LogP contribution in [0.3, 0.4) is 0 Å². The van der Waals surface area contributed by atoms with Crippen LogP contribution >= 0.6 is 22.2 Å². The van der Waals surface area contributed by atoms with Gasteiger partial charge in [-0.3, -0.25) is 5.09 Å². The number of hydrogen-bond acceptors (Lipinski definition) is 7. The number of nitrogens with one attached hydrogen (secondary N) is 4. The molecule has 0 radical (unpaired) electrons. The van der Waals surface area contributed by atoms with Crippen LogP contribution in [0.5, 0.6) is 0 Å². The summed E-state index contributed by atoms with van der Waals surface area (Å²) in [5, 5.41) is 20.8. The number of rotatable bonds is 0. The SMILES string of the molecule is C1=CC2NP3(=NP4(=NP5(=N3)Cc3cccc6cccc(c36)N5)Nc3cccc5cccc(c35)N4)Cc3cccc(c32)C1. The second kappa shape index (κ2) is 8.28. The molecule has 0 fully saturated rings. The molecule has 5 aromatic rings. The van der Waals surface area contributed by atoms with Gasteiger partial charge in [-0.05, 0) is 57.6 Å². The first-order valence-electron chi connectivity index (χ1n) is 14.4. The van der Waals surface area contributed by atoms with Crippen molar-refractivity contribution in [1.82, 2.24) is 5.09 Å². The molecule has 0 aromatic heterocycles. The summed E-state index contributed by atoms with van der Waals surface area (Å²) in [7, 11) is -7.61. The third-order valence-electron chi connectivity index (χ3n) is 8.99. The van der Waals surface area contributed by atoms with E-state index >= 15 is 0 Å². The molecule has 0 bridgehead atoms. The first-order valence-corrected chi connectivity index (χ1v) is 19.9. The third kappa shape index (κ3) is 3.37. The summed E-state index contributed by atoms with van der Waals surface area (Å²) >= 11 is 0. The van der Waals surface area contributed by atoms with E-state index in [2.05, 4.69) is 123 Å². The Morgan fingerprint density at radius 1 is 0.571 bits per heavy atom. The average Bonchev–Trinajstić information content (AvgIpc) is 2.97. The van der Waals surface area contributed by atoms with Gasteiger partial charge in [0.1, 0.15) is 0 Å². The number of anilines is 3. The molecule has 3 spiro atoms. The Kier molecular flexibility index (Phi) is 4.71. The van der Waals surface area contributed by atoms with E-state index in [1.165, 1.54) is 43.8 Å². The zero-order valence-electron chi connectivity index (χ0n) is 22.7.